The van der Waals surface area contributed by atoms with Crippen molar-refractivity contribution in [1.82, 2.24) is 15.0 Å². The molecule has 1 atom stereocenters. The number of hydrogen-bond acceptors (Lipinski definition) is 5. The second-order valence-corrected chi connectivity index (χ2v) is 5.73. The first-order valence-corrected chi connectivity index (χ1v) is 7.12. The Morgan fingerprint density at radius 3 is 2.40 bits per heavy atom. The predicted molar refractivity (Wildman–Crippen MR) is 79.7 cm³/mol. The van der Waals surface area contributed by atoms with E-state index in [2.05, 4.69) is 20.3 Å². The fraction of sp³-hybridized carbons (Fsp3) is 0.286. The molecule has 0 bridgehead atoms. The zero-order chi connectivity index (χ0) is 14.5. The van der Waals surface area contributed by atoms with Crippen molar-refractivity contribution in [1.29, 1.82) is 0 Å². The first-order chi connectivity index (χ1) is 9.54. The van der Waals surface area contributed by atoms with Crippen LogP contribution in [0.3, 0.4) is 0 Å². The van der Waals surface area contributed by atoms with Crippen molar-refractivity contribution in [2.75, 3.05) is 5.32 Å². The SMILES string of the molecule is Cc1cc(C)nc(SC(C)C(=O)Nc2ccncc2)n1. The Morgan fingerprint density at radius 1 is 1.20 bits per heavy atom. The lowest BCUT2D eigenvalue weighted by atomic mass is 10.3. The number of pyridine rings is 1. The highest BCUT2D eigenvalue weighted by atomic mass is 32.2. The minimum Gasteiger partial charge on any atom is -0.325 e. The molecule has 0 radical (unpaired) electrons. The number of amides is 1. The molecule has 0 saturated carbocycles. The van der Waals surface area contributed by atoms with Gasteiger partial charge in [0.1, 0.15) is 0 Å². The molecule has 2 aromatic heterocycles. The van der Waals surface area contributed by atoms with Crippen molar-refractivity contribution in [3.8, 4) is 0 Å². The smallest absolute Gasteiger partial charge is 0.237 e. The first-order valence-electron chi connectivity index (χ1n) is 6.24. The molecule has 2 aromatic rings. The van der Waals surface area contributed by atoms with Crippen molar-refractivity contribution < 1.29 is 4.79 Å². The van der Waals surface area contributed by atoms with Crippen molar-refractivity contribution in [3.63, 3.8) is 0 Å². The lowest BCUT2D eigenvalue weighted by Gasteiger charge is -2.11. The van der Waals surface area contributed by atoms with Gasteiger partial charge in [0.15, 0.2) is 5.16 Å². The van der Waals surface area contributed by atoms with E-state index in [9.17, 15) is 4.79 Å². The van der Waals surface area contributed by atoms with E-state index in [-0.39, 0.29) is 11.2 Å². The van der Waals surface area contributed by atoms with E-state index in [0.29, 0.717) is 5.16 Å². The number of carbonyl (C=O) groups excluding carboxylic acids is 1. The molecule has 0 spiro atoms. The predicted octanol–water partition coefficient (Wildman–Crippen LogP) is 2.61. The number of thioether (sulfide) groups is 1. The van der Waals surface area contributed by atoms with Crippen LogP contribution in [-0.2, 0) is 4.79 Å². The average molecular weight is 288 g/mol. The van der Waals surface area contributed by atoms with E-state index < -0.39 is 0 Å². The molecular formula is C14H16N4OS. The maximum Gasteiger partial charge on any atom is 0.237 e. The van der Waals surface area contributed by atoms with Gasteiger partial charge < -0.3 is 5.32 Å². The standard InChI is InChI=1S/C14H16N4OS/c1-9-8-10(2)17-14(16-9)20-11(3)13(19)18-12-4-6-15-7-5-12/h4-8,11H,1-3H3,(H,15,18,19). The van der Waals surface area contributed by atoms with Crippen LogP contribution in [0.1, 0.15) is 18.3 Å². The van der Waals surface area contributed by atoms with Gasteiger partial charge in [-0.3, -0.25) is 9.78 Å². The third-order valence-electron chi connectivity index (χ3n) is 2.56. The van der Waals surface area contributed by atoms with Gasteiger partial charge in [0.2, 0.25) is 5.91 Å². The Hall–Kier alpha value is -1.95. The molecule has 6 heteroatoms. The van der Waals surface area contributed by atoms with E-state index in [0.717, 1.165) is 17.1 Å². The van der Waals surface area contributed by atoms with Crippen molar-refractivity contribution in [2.24, 2.45) is 0 Å². The number of hydrogen-bond donors (Lipinski definition) is 1. The highest BCUT2D eigenvalue weighted by molar-refractivity contribution is 8.00. The summed E-state index contributed by atoms with van der Waals surface area (Å²) in [5, 5.41) is 3.19. The van der Waals surface area contributed by atoms with Crippen LogP contribution in [0.2, 0.25) is 0 Å². The lowest BCUT2D eigenvalue weighted by Crippen LogP contribution is -2.22. The molecule has 1 N–H and O–H groups in total. The third kappa shape index (κ3) is 4.03. The summed E-state index contributed by atoms with van der Waals surface area (Å²) in [6.07, 6.45) is 3.28. The Kier molecular flexibility index (Phi) is 4.68. The van der Waals surface area contributed by atoms with Crippen LogP contribution in [0.5, 0.6) is 0 Å². The van der Waals surface area contributed by atoms with Crippen LogP contribution >= 0.6 is 11.8 Å². The van der Waals surface area contributed by atoms with Crippen molar-refractivity contribution in [2.45, 2.75) is 31.2 Å². The molecule has 2 rings (SSSR count). The number of rotatable bonds is 4. The fourth-order valence-corrected chi connectivity index (χ4v) is 2.51. The Bertz CT molecular complexity index is 583. The number of aromatic nitrogens is 3. The fourth-order valence-electron chi connectivity index (χ4n) is 1.64. The van der Waals surface area contributed by atoms with E-state index in [4.69, 9.17) is 0 Å². The third-order valence-corrected chi connectivity index (χ3v) is 3.52. The molecule has 0 fully saturated rings. The van der Waals surface area contributed by atoms with Crippen LogP contribution in [0.4, 0.5) is 5.69 Å². The molecule has 20 heavy (non-hydrogen) atoms. The molecular weight excluding hydrogens is 272 g/mol. The summed E-state index contributed by atoms with van der Waals surface area (Å²) in [5.41, 5.74) is 2.54. The Morgan fingerprint density at radius 2 is 1.80 bits per heavy atom. The Balaban J connectivity index is 2.00. The molecule has 0 saturated heterocycles. The van der Waals surface area contributed by atoms with Crippen LogP contribution < -0.4 is 5.32 Å². The summed E-state index contributed by atoms with van der Waals surface area (Å²) < 4.78 is 0. The molecule has 0 aliphatic rings. The minimum absolute atomic E-state index is 0.0797. The van der Waals surface area contributed by atoms with E-state index >= 15 is 0 Å². The van der Waals surface area contributed by atoms with Crippen LogP contribution in [0, 0.1) is 13.8 Å². The molecule has 2 heterocycles. The minimum atomic E-state index is -0.274. The van der Waals surface area contributed by atoms with Crippen molar-refractivity contribution in [3.05, 3.63) is 42.0 Å². The quantitative estimate of drug-likeness (QED) is 0.692. The zero-order valence-electron chi connectivity index (χ0n) is 11.6. The molecule has 0 aliphatic carbocycles. The maximum absolute atomic E-state index is 12.1. The second-order valence-electron chi connectivity index (χ2n) is 4.42. The number of anilines is 1. The molecule has 0 aromatic carbocycles. The molecule has 0 aliphatic heterocycles. The number of nitrogens with one attached hydrogen (secondary N) is 1. The van der Waals surface area contributed by atoms with Gasteiger partial charge in [-0.1, -0.05) is 11.8 Å². The van der Waals surface area contributed by atoms with E-state index in [1.54, 1.807) is 24.5 Å². The number of aryl methyl sites for hydroxylation is 2. The highest BCUT2D eigenvalue weighted by Gasteiger charge is 2.16. The summed E-state index contributed by atoms with van der Waals surface area (Å²) in [6, 6.07) is 5.41. The van der Waals surface area contributed by atoms with Gasteiger partial charge in [-0.05, 0) is 39.0 Å². The Labute approximate surface area is 122 Å². The lowest BCUT2D eigenvalue weighted by molar-refractivity contribution is -0.115. The molecule has 104 valence electrons. The van der Waals surface area contributed by atoms with Gasteiger partial charge in [-0.15, -0.1) is 0 Å². The number of nitrogens with zero attached hydrogens (tertiary/aromatic N) is 3. The summed E-state index contributed by atoms with van der Waals surface area (Å²) in [4.78, 5) is 24.6. The van der Waals surface area contributed by atoms with Crippen LogP contribution in [-0.4, -0.2) is 26.1 Å². The second kappa shape index (κ2) is 6.47. The molecule has 1 amide bonds. The van der Waals surface area contributed by atoms with Crippen LogP contribution in [0.25, 0.3) is 0 Å². The average Bonchev–Trinajstić information content (AvgIpc) is 2.38. The topological polar surface area (TPSA) is 67.8 Å². The van der Waals surface area contributed by atoms with Gasteiger partial charge in [0.05, 0.1) is 5.25 Å². The van der Waals surface area contributed by atoms with E-state index in [1.807, 2.05) is 26.8 Å². The van der Waals surface area contributed by atoms with Gasteiger partial charge >= 0.3 is 0 Å². The summed E-state index contributed by atoms with van der Waals surface area (Å²) in [5.74, 6) is -0.0797. The highest BCUT2D eigenvalue weighted by Crippen LogP contribution is 2.21. The summed E-state index contributed by atoms with van der Waals surface area (Å²) in [7, 11) is 0. The summed E-state index contributed by atoms with van der Waals surface area (Å²) >= 11 is 1.35. The molecule has 1 unspecified atom stereocenters. The monoisotopic (exact) mass is 288 g/mol. The van der Waals surface area contributed by atoms with Gasteiger partial charge in [-0.25, -0.2) is 9.97 Å². The number of carbonyl (C=O) groups is 1. The first kappa shape index (κ1) is 14.5. The van der Waals surface area contributed by atoms with Gasteiger partial charge in [0.25, 0.3) is 0 Å². The maximum atomic E-state index is 12.1. The summed E-state index contributed by atoms with van der Waals surface area (Å²) in [6.45, 7) is 5.67. The zero-order valence-corrected chi connectivity index (χ0v) is 12.4. The van der Waals surface area contributed by atoms with Gasteiger partial charge in [-0.2, -0.15) is 0 Å². The largest absolute Gasteiger partial charge is 0.325 e. The molecule has 5 nitrogen and oxygen atoms in total. The van der Waals surface area contributed by atoms with Crippen LogP contribution in [0.15, 0.2) is 35.7 Å². The van der Waals surface area contributed by atoms with Gasteiger partial charge in [0, 0.05) is 29.5 Å². The van der Waals surface area contributed by atoms with Crippen molar-refractivity contribution >= 4 is 23.4 Å². The van der Waals surface area contributed by atoms with E-state index in [1.165, 1.54) is 11.8 Å². The normalized spacial score (nSPS) is 11.9.